The lowest BCUT2D eigenvalue weighted by atomic mass is 10.0. The Balaban J connectivity index is 1.69. The molecule has 0 bridgehead atoms. The van der Waals surface area contributed by atoms with Crippen LogP contribution in [-0.4, -0.2) is 45.2 Å². The van der Waals surface area contributed by atoms with Crippen molar-refractivity contribution in [3.05, 3.63) is 41.9 Å². The molecule has 156 valence electrons. The third-order valence-corrected chi connectivity index (χ3v) is 5.57. The van der Waals surface area contributed by atoms with Crippen molar-refractivity contribution in [1.29, 1.82) is 0 Å². The van der Waals surface area contributed by atoms with Crippen LogP contribution in [0.1, 0.15) is 32.2 Å². The average Bonchev–Trinajstić information content (AvgIpc) is 3.04. The van der Waals surface area contributed by atoms with Gasteiger partial charge >= 0.3 is 0 Å². The van der Waals surface area contributed by atoms with Crippen molar-refractivity contribution >= 4 is 28.9 Å². The van der Waals surface area contributed by atoms with Crippen LogP contribution in [0.2, 0.25) is 0 Å². The van der Waals surface area contributed by atoms with Gasteiger partial charge in [0.05, 0.1) is 22.8 Å². The maximum Gasteiger partial charge on any atom is 0.249 e. The summed E-state index contributed by atoms with van der Waals surface area (Å²) in [5.74, 6) is 0.607. The van der Waals surface area contributed by atoms with E-state index in [1.165, 1.54) is 0 Å². The van der Waals surface area contributed by atoms with Crippen molar-refractivity contribution in [3.8, 4) is 11.3 Å². The Bertz CT molecular complexity index is 1090. The molecule has 4 rings (SSSR count). The summed E-state index contributed by atoms with van der Waals surface area (Å²) in [7, 11) is 1.82. The molecule has 3 heterocycles. The van der Waals surface area contributed by atoms with E-state index in [1.54, 1.807) is 11.1 Å². The van der Waals surface area contributed by atoms with Crippen LogP contribution in [0.5, 0.6) is 0 Å². The molecule has 8 nitrogen and oxygen atoms in total. The quantitative estimate of drug-likeness (QED) is 0.686. The van der Waals surface area contributed by atoms with Gasteiger partial charge in [-0.15, -0.1) is 0 Å². The lowest BCUT2D eigenvalue weighted by Crippen LogP contribution is -2.53. The Kier molecular flexibility index (Phi) is 4.93. The lowest BCUT2D eigenvalue weighted by molar-refractivity contribution is -0.119. The Labute approximate surface area is 176 Å². The summed E-state index contributed by atoms with van der Waals surface area (Å²) in [6, 6.07) is 7.82. The van der Waals surface area contributed by atoms with Gasteiger partial charge in [-0.2, -0.15) is 5.10 Å². The van der Waals surface area contributed by atoms with E-state index < -0.39 is 0 Å². The molecule has 8 heteroatoms. The van der Waals surface area contributed by atoms with Crippen LogP contribution in [0.4, 0.5) is 23.0 Å². The summed E-state index contributed by atoms with van der Waals surface area (Å²) in [6.07, 6.45) is 1.74. The summed E-state index contributed by atoms with van der Waals surface area (Å²) in [6.45, 7) is 10.1. The van der Waals surface area contributed by atoms with Crippen molar-refractivity contribution in [1.82, 2.24) is 20.2 Å². The molecule has 1 aromatic carbocycles. The highest BCUT2D eigenvalue weighted by Crippen LogP contribution is 2.39. The van der Waals surface area contributed by atoms with E-state index in [9.17, 15) is 4.79 Å². The standard InChI is InChI=1S/C22H27N7O/c1-12(2)29-15(5)21(30)28(6)18-8-7-16(11-19(18)29)24-22-23-10-9-17(25-22)20-13(3)26-27-14(20)4/h7-12,15H,1-6H3,(H,26,27)(H,23,24,25)/t15-/m1/s1. The number of aromatic amines is 1. The number of aryl methyl sites for hydroxylation is 2. The number of anilines is 4. The second kappa shape index (κ2) is 7.44. The number of hydrogen-bond acceptors (Lipinski definition) is 6. The van der Waals surface area contributed by atoms with Crippen molar-refractivity contribution in [3.63, 3.8) is 0 Å². The van der Waals surface area contributed by atoms with Crippen LogP contribution in [0.15, 0.2) is 30.5 Å². The average molecular weight is 406 g/mol. The second-order valence-corrected chi connectivity index (χ2v) is 7.98. The molecule has 2 aromatic heterocycles. The van der Waals surface area contributed by atoms with Crippen molar-refractivity contribution < 1.29 is 4.79 Å². The molecule has 0 aliphatic carbocycles. The molecule has 1 aliphatic rings. The minimum Gasteiger partial charge on any atom is -0.356 e. The topological polar surface area (TPSA) is 90.0 Å². The maximum absolute atomic E-state index is 12.6. The van der Waals surface area contributed by atoms with E-state index in [-0.39, 0.29) is 18.0 Å². The number of likely N-dealkylation sites (N-methyl/N-ethyl adjacent to an activating group) is 1. The van der Waals surface area contributed by atoms with Crippen molar-refractivity contribution in [2.24, 2.45) is 0 Å². The fraction of sp³-hybridized carbons (Fsp3) is 0.364. The molecule has 0 radical (unpaired) electrons. The summed E-state index contributed by atoms with van der Waals surface area (Å²) in [4.78, 5) is 25.6. The van der Waals surface area contributed by atoms with Gasteiger partial charge in [-0.3, -0.25) is 9.89 Å². The first-order valence-corrected chi connectivity index (χ1v) is 10.1. The molecule has 1 aliphatic heterocycles. The Hall–Kier alpha value is -3.42. The van der Waals surface area contributed by atoms with Gasteiger partial charge in [-0.1, -0.05) is 0 Å². The van der Waals surface area contributed by atoms with Gasteiger partial charge in [0.25, 0.3) is 0 Å². The van der Waals surface area contributed by atoms with E-state index in [2.05, 4.69) is 50.3 Å². The molecule has 0 unspecified atom stereocenters. The maximum atomic E-state index is 12.6. The number of amides is 1. The number of carbonyl (C=O) groups excluding carboxylic acids is 1. The molecule has 0 saturated carbocycles. The van der Waals surface area contributed by atoms with Gasteiger partial charge in [-0.05, 0) is 58.9 Å². The number of aromatic nitrogens is 4. The van der Waals surface area contributed by atoms with Gasteiger partial charge in [-0.25, -0.2) is 9.97 Å². The molecule has 30 heavy (non-hydrogen) atoms. The van der Waals surface area contributed by atoms with Crippen molar-refractivity contribution in [2.75, 3.05) is 22.2 Å². The molecular weight excluding hydrogens is 378 g/mol. The van der Waals surface area contributed by atoms with Crippen LogP contribution in [0.3, 0.4) is 0 Å². The minimum atomic E-state index is -0.218. The fourth-order valence-corrected chi connectivity index (χ4v) is 4.16. The van der Waals surface area contributed by atoms with E-state index in [0.29, 0.717) is 5.95 Å². The zero-order chi connectivity index (χ0) is 21.6. The molecule has 1 atom stereocenters. The first kappa shape index (κ1) is 19.9. The predicted octanol–water partition coefficient (Wildman–Crippen LogP) is 3.81. The van der Waals surface area contributed by atoms with Gasteiger partial charge < -0.3 is 15.1 Å². The van der Waals surface area contributed by atoms with E-state index >= 15 is 0 Å². The lowest BCUT2D eigenvalue weighted by Gasteiger charge is -2.42. The highest BCUT2D eigenvalue weighted by Gasteiger charge is 2.34. The zero-order valence-electron chi connectivity index (χ0n) is 18.2. The number of nitrogens with zero attached hydrogens (tertiary/aromatic N) is 5. The van der Waals surface area contributed by atoms with Gasteiger partial charge in [0.2, 0.25) is 11.9 Å². The van der Waals surface area contributed by atoms with Crippen LogP contribution < -0.4 is 15.1 Å². The molecule has 0 saturated heterocycles. The van der Waals surface area contributed by atoms with Crippen LogP contribution >= 0.6 is 0 Å². The largest absolute Gasteiger partial charge is 0.356 e. The summed E-state index contributed by atoms with van der Waals surface area (Å²) in [5.41, 5.74) is 6.47. The second-order valence-electron chi connectivity index (χ2n) is 7.98. The normalized spacial score (nSPS) is 16.2. The van der Waals surface area contributed by atoms with Crippen molar-refractivity contribution in [2.45, 2.75) is 46.7 Å². The first-order valence-electron chi connectivity index (χ1n) is 10.1. The first-order chi connectivity index (χ1) is 14.3. The summed E-state index contributed by atoms with van der Waals surface area (Å²) < 4.78 is 0. The van der Waals surface area contributed by atoms with E-state index in [4.69, 9.17) is 0 Å². The fourth-order valence-electron chi connectivity index (χ4n) is 4.16. The summed E-state index contributed by atoms with van der Waals surface area (Å²) >= 11 is 0. The Morgan fingerprint density at radius 2 is 1.93 bits per heavy atom. The highest BCUT2D eigenvalue weighted by atomic mass is 16.2. The van der Waals surface area contributed by atoms with Crippen LogP contribution in [0.25, 0.3) is 11.3 Å². The number of fused-ring (bicyclic) bond motifs is 1. The Morgan fingerprint density at radius 1 is 1.17 bits per heavy atom. The van der Waals surface area contributed by atoms with Gasteiger partial charge in [0, 0.05) is 36.2 Å². The third kappa shape index (κ3) is 3.28. The monoisotopic (exact) mass is 405 g/mol. The summed E-state index contributed by atoms with van der Waals surface area (Å²) in [5, 5.41) is 10.6. The number of benzene rings is 1. The van der Waals surface area contributed by atoms with Crippen LogP contribution in [-0.2, 0) is 4.79 Å². The Morgan fingerprint density at radius 3 is 2.60 bits per heavy atom. The van der Waals surface area contributed by atoms with E-state index in [0.717, 1.165) is 39.7 Å². The van der Waals surface area contributed by atoms with Gasteiger partial charge in [0.1, 0.15) is 6.04 Å². The van der Waals surface area contributed by atoms with E-state index in [1.807, 2.05) is 46.0 Å². The van der Waals surface area contributed by atoms with Gasteiger partial charge in [0.15, 0.2) is 0 Å². The molecule has 2 N–H and O–H groups in total. The number of H-pyrrole nitrogens is 1. The SMILES string of the molecule is Cc1n[nH]c(C)c1-c1ccnc(Nc2ccc3c(c2)N(C(C)C)[C@H](C)C(=O)N3C)n1. The third-order valence-electron chi connectivity index (χ3n) is 5.57. The minimum absolute atomic E-state index is 0.0961. The molecule has 3 aromatic rings. The number of rotatable bonds is 4. The molecule has 0 spiro atoms. The predicted molar refractivity (Wildman–Crippen MR) is 119 cm³/mol. The number of carbonyl (C=O) groups is 1. The smallest absolute Gasteiger partial charge is 0.249 e. The molecule has 1 amide bonds. The number of nitrogens with one attached hydrogen (secondary N) is 2. The zero-order valence-corrected chi connectivity index (χ0v) is 18.2. The highest BCUT2D eigenvalue weighted by molar-refractivity contribution is 6.05. The van der Waals surface area contributed by atoms with Crippen LogP contribution in [0, 0.1) is 13.8 Å². The molecule has 0 fully saturated rings. The molecular formula is C22H27N7O. The number of hydrogen-bond donors (Lipinski definition) is 2.